The van der Waals surface area contributed by atoms with Crippen molar-refractivity contribution >= 4 is 60.5 Å². The quantitative estimate of drug-likeness (QED) is 0.652. The van der Waals surface area contributed by atoms with E-state index in [0.717, 1.165) is 13.7 Å². The lowest BCUT2D eigenvalue weighted by atomic mass is 10.3. The summed E-state index contributed by atoms with van der Waals surface area (Å²) in [5.41, 5.74) is 0.823. The molecule has 0 unspecified atom stereocenters. The zero-order valence-electron chi connectivity index (χ0n) is 10.6. The number of rotatable bonds is 4. The van der Waals surface area contributed by atoms with Crippen LogP contribution in [0.3, 0.4) is 0 Å². The molecule has 3 nitrogen and oxygen atoms in total. The van der Waals surface area contributed by atoms with Crippen molar-refractivity contribution in [1.82, 2.24) is 4.31 Å². The second-order valence-electron chi connectivity index (χ2n) is 4.19. The van der Waals surface area contributed by atoms with Crippen molar-refractivity contribution < 1.29 is 12.8 Å². The highest BCUT2D eigenvalue weighted by molar-refractivity contribution is 9.11. The van der Waals surface area contributed by atoms with Gasteiger partial charge in [0.15, 0.2) is 5.82 Å². The Balaban J connectivity index is 2.35. The van der Waals surface area contributed by atoms with E-state index in [0.29, 0.717) is 0 Å². The van der Waals surface area contributed by atoms with Crippen LogP contribution in [0.25, 0.3) is 0 Å². The Morgan fingerprint density at radius 2 is 2.05 bits per heavy atom. The Labute approximate surface area is 144 Å². The Kier molecular flexibility index (Phi) is 5.33. The molecular formula is C12H9BrCl2FNO2S2. The first-order chi connectivity index (χ1) is 9.73. The second kappa shape index (κ2) is 6.52. The number of halogens is 4. The van der Waals surface area contributed by atoms with Crippen LogP contribution in [0, 0.1) is 5.82 Å². The predicted molar refractivity (Wildman–Crippen MR) is 87.1 cm³/mol. The molecule has 1 aromatic carbocycles. The van der Waals surface area contributed by atoms with Gasteiger partial charge in [-0.15, -0.1) is 11.3 Å². The van der Waals surface area contributed by atoms with Crippen molar-refractivity contribution in [1.29, 1.82) is 0 Å². The van der Waals surface area contributed by atoms with Crippen LogP contribution in [0.4, 0.5) is 4.39 Å². The third-order valence-electron chi connectivity index (χ3n) is 2.71. The van der Waals surface area contributed by atoms with Crippen LogP contribution in [0.1, 0.15) is 5.56 Å². The Morgan fingerprint density at radius 3 is 2.62 bits per heavy atom. The zero-order chi connectivity index (χ0) is 15.8. The molecule has 0 radical (unpaired) electrons. The lowest BCUT2D eigenvalue weighted by Crippen LogP contribution is -2.26. The molecule has 114 valence electrons. The van der Waals surface area contributed by atoms with Gasteiger partial charge in [0.1, 0.15) is 4.90 Å². The molecule has 1 aromatic heterocycles. The molecule has 0 saturated heterocycles. The number of benzene rings is 1. The van der Waals surface area contributed by atoms with Crippen LogP contribution in [0.5, 0.6) is 0 Å². The van der Waals surface area contributed by atoms with Crippen LogP contribution in [-0.4, -0.2) is 19.8 Å². The largest absolute Gasteiger partial charge is 0.244 e. The predicted octanol–water partition coefficient (Wildman–Crippen LogP) is 4.78. The van der Waals surface area contributed by atoms with Crippen LogP contribution in [0.15, 0.2) is 32.3 Å². The molecule has 1 heterocycles. The Hall–Kier alpha value is -0.180. The zero-order valence-corrected chi connectivity index (χ0v) is 15.3. The molecule has 0 N–H and O–H groups in total. The summed E-state index contributed by atoms with van der Waals surface area (Å²) < 4.78 is 40.6. The number of sulfonamides is 1. The fourth-order valence-corrected chi connectivity index (χ4v) is 4.72. The molecule has 0 aliphatic heterocycles. The number of thiophene rings is 1. The average Bonchev–Trinajstić information content (AvgIpc) is 2.81. The van der Waals surface area contributed by atoms with Crippen LogP contribution >= 0.6 is 50.5 Å². The molecule has 0 aliphatic carbocycles. The highest BCUT2D eigenvalue weighted by Crippen LogP contribution is 2.31. The van der Waals surface area contributed by atoms with Crippen molar-refractivity contribution in [3.63, 3.8) is 0 Å². The van der Waals surface area contributed by atoms with Crippen LogP contribution in [-0.2, 0) is 16.6 Å². The van der Waals surface area contributed by atoms with E-state index in [1.54, 1.807) is 0 Å². The first-order valence-corrected chi connectivity index (χ1v) is 9.43. The fourth-order valence-electron chi connectivity index (χ4n) is 1.65. The van der Waals surface area contributed by atoms with Gasteiger partial charge < -0.3 is 0 Å². The van der Waals surface area contributed by atoms with Gasteiger partial charge in [-0.2, -0.15) is 4.31 Å². The summed E-state index contributed by atoms with van der Waals surface area (Å²) in [6, 6.07) is 4.19. The molecule has 0 amide bonds. The van der Waals surface area contributed by atoms with E-state index in [-0.39, 0.29) is 16.5 Å². The molecule has 0 aliphatic rings. The van der Waals surface area contributed by atoms with Crippen molar-refractivity contribution in [3.05, 3.63) is 48.8 Å². The van der Waals surface area contributed by atoms with Gasteiger partial charge in [-0.05, 0) is 45.1 Å². The normalized spacial score (nSPS) is 12.1. The SMILES string of the molecule is CN(Cc1csc(Br)c1)S(=O)(=O)c1ccc(Cl)c(F)c1Cl. The maximum atomic E-state index is 13.7. The topological polar surface area (TPSA) is 37.4 Å². The van der Waals surface area contributed by atoms with Gasteiger partial charge in [0, 0.05) is 13.6 Å². The molecule has 0 saturated carbocycles. The fraction of sp³-hybridized carbons (Fsp3) is 0.167. The number of hydrogen-bond acceptors (Lipinski definition) is 3. The van der Waals surface area contributed by atoms with Crippen molar-refractivity contribution in [3.8, 4) is 0 Å². The van der Waals surface area contributed by atoms with Gasteiger partial charge in [-0.3, -0.25) is 0 Å². The van der Waals surface area contributed by atoms with Crippen LogP contribution in [0.2, 0.25) is 10.0 Å². The van der Waals surface area contributed by atoms with Crippen molar-refractivity contribution in [2.45, 2.75) is 11.4 Å². The third kappa shape index (κ3) is 3.60. The highest BCUT2D eigenvalue weighted by Gasteiger charge is 2.26. The van der Waals surface area contributed by atoms with Crippen molar-refractivity contribution in [2.75, 3.05) is 7.05 Å². The summed E-state index contributed by atoms with van der Waals surface area (Å²) >= 11 is 16.1. The maximum absolute atomic E-state index is 13.7. The molecule has 2 aromatic rings. The van der Waals surface area contributed by atoms with Gasteiger partial charge >= 0.3 is 0 Å². The monoisotopic (exact) mass is 431 g/mol. The summed E-state index contributed by atoms with van der Waals surface area (Å²) in [5, 5.41) is 1.12. The summed E-state index contributed by atoms with van der Waals surface area (Å²) in [7, 11) is -2.50. The van der Waals surface area contributed by atoms with Gasteiger partial charge in [-0.25, -0.2) is 12.8 Å². The van der Waals surface area contributed by atoms with Gasteiger partial charge in [0.25, 0.3) is 0 Å². The average molecular weight is 433 g/mol. The van der Waals surface area contributed by atoms with E-state index < -0.39 is 20.9 Å². The number of hydrogen-bond donors (Lipinski definition) is 0. The van der Waals surface area contributed by atoms with E-state index in [1.165, 1.54) is 30.5 Å². The molecule has 2 rings (SSSR count). The first-order valence-electron chi connectivity index (χ1n) is 5.56. The van der Waals surface area contributed by atoms with Crippen molar-refractivity contribution in [2.24, 2.45) is 0 Å². The Morgan fingerprint density at radius 1 is 1.38 bits per heavy atom. The molecule has 9 heteroatoms. The summed E-state index contributed by atoms with van der Waals surface area (Å²) in [4.78, 5) is -0.303. The minimum atomic E-state index is -3.91. The maximum Gasteiger partial charge on any atom is 0.244 e. The molecule has 21 heavy (non-hydrogen) atoms. The van der Waals surface area contributed by atoms with E-state index >= 15 is 0 Å². The lowest BCUT2D eigenvalue weighted by Gasteiger charge is -2.17. The van der Waals surface area contributed by atoms with Gasteiger partial charge in [0.05, 0.1) is 13.8 Å². The van der Waals surface area contributed by atoms with E-state index in [1.807, 2.05) is 11.4 Å². The number of nitrogens with zero attached hydrogens (tertiary/aromatic N) is 1. The third-order valence-corrected chi connectivity index (χ3v) is 6.89. The molecule has 0 spiro atoms. The summed E-state index contributed by atoms with van der Waals surface area (Å²) in [6.07, 6.45) is 0. The minimum absolute atomic E-state index is 0.158. The van der Waals surface area contributed by atoms with Gasteiger partial charge in [-0.1, -0.05) is 23.2 Å². The Bertz CT molecular complexity index is 780. The van der Waals surface area contributed by atoms with E-state index in [4.69, 9.17) is 23.2 Å². The summed E-state index contributed by atoms with van der Waals surface area (Å²) in [6.45, 7) is 0.158. The molecular weight excluding hydrogens is 424 g/mol. The summed E-state index contributed by atoms with van der Waals surface area (Å²) in [5.74, 6) is -0.939. The molecule has 0 atom stereocenters. The molecule has 0 bridgehead atoms. The lowest BCUT2D eigenvalue weighted by molar-refractivity contribution is 0.466. The highest BCUT2D eigenvalue weighted by atomic mass is 79.9. The molecule has 0 fully saturated rings. The van der Waals surface area contributed by atoms with E-state index in [9.17, 15) is 12.8 Å². The van der Waals surface area contributed by atoms with Gasteiger partial charge in [0.2, 0.25) is 10.0 Å². The van der Waals surface area contributed by atoms with Crippen LogP contribution < -0.4 is 0 Å². The minimum Gasteiger partial charge on any atom is -0.207 e. The standard InChI is InChI=1S/C12H9BrCl2FNO2S2/c1-17(5-7-4-10(13)20-6-7)21(18,19)9-3-2-8(14)12(16)11(9)15/h2-4,6H,5H2,1H3. The first kappa shape index (κ1) is 17.2. The van der Waals surface area contributed by atoms with E-state index in [2.05, 4.69) is 15.9 Å². The second-order valence-corrected chi connectivity index (χ2v) is 9.28. The smallest absolute Gasteiger partial charge is 0.207 e.